The molecule has 2 aliphatic rings. The zero-order chi connectivity index (χ0) is 21.2. The average Bonchev–Trinajstić information content (AvgIpc) is 3.24. The zero-order valence-corrected chi connectivity index (χ0v) is 18.1. The lowest BCUT2D eigenvalue weighted by Gasteiger charge is -2.31. The Hall–Kier alpha value is -2.22. The van der Waals surface area contributed by atoms with Crippen molar-refractivity contribution in [3.05, 3.63) is 65.2 Å². The molecule has 2 fully saturated rings. The van der Waals surface area contributed by atoms with E-state index in [1.807, 2.05) is 19.1 Å². The summed E-state index contributed by atoms with van der Waals surface area (Å²) in [6.07, 6.45) is 3.88. The number of hydrogen-bond donors (Lipinski definition) is 1. The van der Waals surface area contributed by atoms with Crippen molar-refractivity contribution in [1.29, 1.82) is 0 Å². The Balaban J connectivity index is 1.60. The van der Waals surface area contributed by atoms with Gasteiger partial charge in [-0.2, -0.15) is 4.31 Å². The minimum Gasteiger partial charge on any atom is -0.379 e. The zero-order valence-electron chi connectivity index (χ0n) is 17.3. The Morgan fingerprint density at radius 3 is 2.43 bits per heavy atom. The van der Waals surface area contributed by atoms with Crippen LogP contribution in [-0.2, 0) is 20.3 Å². The van der Waals surface area contributed by atoms with Gasteiger partial charge in [-0.1, -0.05) is 48.7 Å². The molecule has 0 radical (unpaired) electrons. The summed E-state index contributed by atoms with van der Waals surface area (Å²) in [4.78, 5) is 13.3. The van der Waals surface area contributed by atoms with Crippen LogP contribution in [0.5, 0.6) is 0 Å². The van der Waals surface area contributed by atoms with Crippen LogP contribution in [0, 0.1) is 6.92 Å². The Morgan fingerprint density at radius 2 is 1.73 bits per heavy atom. The van der Waals surface area contributed by atoms with Gasteiger partial charge in [-0.25, -0.2) is 8.42 Å². The van der Waals surface area contributed by atoms with E-state index in [4.69, 9.17) is 4.74 Å². The summed E-state index contributed by atoms with van der Waals surface area (Å²) in [6.45, 7) is 3.48. The molecule has 160 valence electrons. The first-order valence-electron chi connectivity index (χ1n) is 10.5. The maximum atomic E-state index is 13.2. The highest BCUT2D eigenvalue weighted by Crippen LogP contribution is 2.39. The number of nitrogens with zero attached hydrogens (tertiary/aromatic N) is 1. The van der Waals surface area contributed by atoms with Crippen molar-refractivity contribution in [3.63, 3.8) is 0 Å². The molecule has 7 heteroatoms. The molecule has 0 bridgehead atoms. The molecule has 0 aromatic heterocycles. The van der Waals surface area contributed by atoms with E-state index >= 15 is 0 Å². The number of nitrogens with one attached hydrogen (secondary N) is 1. The van der Waals surface area contributed by atoms with Crippen molar-refractivity contribution < 1.29 is 17.9 Å². The van der Waals surface area contributed by atoms with Crippen LogP contribution in [0.2, 0.25) is 0 Å². The Labute approximate surface area is 178 Å². The summed E-state index contributed by atoms with van der Waals surface area (Å²) in [5.41, 5.74) is 2.24. The molecular formula is C23H28N2O4S. The lowest BCUT2D eigenvalue weighted by molar-refractivity contribution is 0.0730. The molecular weight excluding hydrogens is 400 g/mol. The van der Waals surface area contributed by atoms with E-state index in [1.54, 1.807) is 18.2 Å². The quantitative estimate of drug-likeness (QED) is 0.793. The van der Waals surface area contributed by atoms with Crippen molar-refractivity contribution in [1.82, 2.24) is 9.62 Å². The topological polar surface area (TPSA) is 75.7 Å². The Morgan fingerprint density at radius 1 is 1.03 bits per heavy atom. The van der Waals surface area contributed by atoms with Gasteiger partial charge < -0.3 is 10.1 Å². The predicted molar refractivity (Wildman–Crippen MR) is 115 cm³/mol. The Bertz CT molecular complexity index is 1020. The van der Waals surface area contributed by atoms with E-state index in [0.29, 0.717) is 31.9 Å². The maximum Gasteiger partial charge on any atom is 0.252 e. The van der Waals surface area contributed by atoms with Crippen LogP contribution in [0.4, 0.5) is 0 Å². The first-order valence-corrected chi connectivity index (χ1v) is 11.9. The lowest BCUT2D eigenvalue weighted by Crippen LogP contribution is -2.44. The predicted octanol–water partition coefficient (Wildman–Crippen LogP) is 3.22. The highest BCUT2D eigenvalue weighted by molar-refractivity contribution is 7.89. The SMILES string of the molecule is Cc1cccc(C2(NC(=O)c3cccc(S(=O)(=O)N4CCOCC4)c3)CCCC2)c1. The van der Waals surface area contributed by atoms with Crippen LogP contribution in [0.3, 0.4) is 0 Å². The summed E-state index contributed by atoms with van der Waals surface area (Å²) in [5.74, 6) is -0.238. The second-order valence-corrected chi connectivity index (χ2v) is 10.1. The number of ether oxygens (including phenoxy) is 1. The van der Waals surface area contributed by atoms with Crippen LogP contribution in [-0.4, -0.2) is 44.9 Å². The molecule has 1 N–H and O–H groups in total. The summed E-state index contributed by atoms with van der Waals surface area (Å²) < 4.78 is 32.6. The fourth-order valence-electron chi connectivity index (χ4n) is 4.43. The molecule has 1 aliphatic carbocycles. The van der Waals surface area contributed by atoms with E-state index in [0.717, 1.165) is 36.8 Å². The third kappa shape index (κ3) is 4.15. The monoisotopic (exact) mass is 428 g/mol. The number of hydrogen-bond acceptors (Lipinski definition) is 4. The fraction of sp³-hybridized carbons (Fsp3) is 0.435. The Kier molecular flexibility index (Phi) is 5.95. The van der Waals surface area contributed by atoms with Crippen LogP contribution < -0.4 is 5.32 Å². The van der Waals surface area contributed by atoms with Gasteiger partial charge >= 0.3 is 0 Å². The molecule has 4 rings (SSSR count). The molecule has 2 aromatic carbocycles. The van der Waals surface area contributed by atoms with E-state index in [2.05, 4.69) is 17.4 Å². The average molecular weight is 429 g/mol. The van der Waals surface area contributed by atoms with Gasteiger partial charge in [0.2, 0.25) is 10.0 Å². The molecule has 1 amide bonds. The molecule has 2 aromatic rings. The van der Waals surface area contributed by atoms with Gasteiger partial charge in [-0.15, -0.1) is 0 Å². The van der Waals surface area contributed by atoms with Gasteiger partial charge in [-0.05, 0) is 43.5 Å². The van der Waals surface area contributed by atoms with Gasteiger partial charge in [0.25, 0.3) is 5.91 Å². The smallest absolute Gasteiger partial charge is 0.252 e. The van der Waals surface area contributed by atoms with Crippen LogP contribution in [0.15, 0.2) is 53.4 Å². The molecule has 1 saturated heterocycles. The normalized spacial score (nSPS) is 19.5. The lowest BCUT2D eigenvalue weighted by atomic mass is 9.87. The second-order valence-electron chi connectivity index (χ2n) is 8.16. The maximum absolute atomic E-state index is 13.2. The number of benzene rings is 2. The standard InChI is InChI=1S/C23H28N2O4S/c1-18-6-4-8-20(16-18)23(10-2-3-11-23)24-22(26)19-7-5-9-21(17-19)30(27,28)25-12-14-29-15-13-25/h4-9,16-17H,2-3,10-15H2,1H3,(H,24,26). The molecule has 1 heterocycles. The molecule has 1 aliphatic heterocycles. The van der Waals surface area contributed by atoms with Gasteiger partial charge in [0.05, 0.1) is 23.6 Å². The van der Waals surface area contributed by atoms with Crippen molar-refractivity contribution in [3.8, 4) is 0 Å². The number of aryl methyl sites for hydroxylation is 1. The van der Waals surface area contributed by atoms with Crippen molar-refractivity contribution >= 4 is 15.9 Å². The van der Waals surface area contributed by atoms with Crippen molar-refractivity contribution in [2.24, 2.45) is 0 Å². The first kappa shape index (κ1) is 21.0. The van der Waals surface area contributed by atoms with Gasteiger partial charge in [0.15, 0.2) is 0 Å². The van der Waals surface area contributed by atoms with Crippen LogP contribution in [0.25, 0.3) is 0 Å². The summed E-state index contributed by atoms with van der Waals surface area (Å²) in [5, 5.41) is 3.24. The minimum atomic E-state index is -3.64. The van der Waals surface area contributed by atoms with E-state index < -0.39 is 15.6 Å². The number of morpholine rings is 1. The molecule has 0 spiro atoms. The van der Waals surface area contributed by atoms with E-state index in [9.17, 15) is 13.2 Å². The number of rotatable bonds is 5. The molecule has 0 atom stereocenters. The number of carbonyl (C=O) groups is 1. The number of amides is 1. The highest BCUT2D eigenvalue weighted by atomic mass is 32.2. The largest absolute Gasteiger partial charge is 0.379 e. The number of carbonyl (C=O) groups excluding carboxylic acids is 1. The fourth-order valence-corrected chi connectivity index (χ4v) is 5.88. The van der Waals surface area contributed by atoms with Gasteiger partial charge in [-0.3, -0.25) is 4.79 Å². The second kappa shape index (κ2) is 8.49. The van der Waals surface area contributed by atoms with Gasteiger partial charge in [0.1, 0.15) is 0 Å². The van der Waals surface area contributed by atoms with E-state index in [-0.39, 0.29) is 10.8 Å². The first-order chi connectivity index (χ1) is 14.4. The minimum absolute atomic E-state index is 0.146. The molecule has 6 nitrogen and oxygen atoms in total. The molecule has 0 unspecified atom stereocenters. The van der Waals surface area contributed by atoms with E-state index in [1.165, 1.54) is 10.4 Å². The number of sulfonamides is 1. The molecule has 30 heavy (non-hydrogen) atoms. The van der Waals surface area contributed by atoms with Crippen LogP contribution in [0.1, 0.15) is 47.2 Å². The third-order valence-electron chi connectivity index (χ3n) is 6.08. The molecule has 1 saturated carbocycles. The summed E-state index contributed by atoms with van der Waals surface area (Å²) in [7, 11) is -3.64. The summed E-state index contributed by atoms with van der Waals surface area (Å²) >= 11 is 0. The third-order valence-corrected chi connectivity index (χ3v) is 7.98. The highest BCUT2D eigenvalue weighted by Gasteiger charge is 2.37. The van der Waals surface area contributed by atoms with Gasteiger partial charge in [0, 0.05) is 18.7 Å². The van der Waals surface area contributed by atoms with Crippen molar-refractivity contribution in [2.75, 3.05) is 26.3 Å². The van der Waals surface area contributed by atoms with Crippen LogP contribution >= 0.6 is 0 Å². The summed E-state index contributed by atoms with van der Waals surface area (Å²) in [6, 6.07) is 14.6. The van der Waals surface area contributed by atoms with Crippen molar-refractivity contribution in [2.45, 2.75) is 43.0 Å².